The third kappa shape index (κ3) is 4.02. The van der Waals surface area contributed by atoms with Gasteiger partial charge in [-0.3, -0.25) is 9.78 Å². The van der Waals surface area contributed by atoms with Crippen LogP contribution in [0.2, 0.25) is 5.02 Å². The molecule has 0 spiro atoms. The van der Waals surface area contributed by atoms with E-state index in [1.807, 2.05) is 0 Å². The van der Waals surface area contributed by atoms with Gasteiger partial charge in [0, 0.05) is 12.6 Å². The van der Waals surface area contributed by atoms with E-state index in [0.717, 1.165) is 0 Å². The minimum absolute atomic E-state index is 0.0400. The number of amides is 1. The van der Waals surface area contributed by atoms with Gasteiger partial charge in [0.1, 0.15) is 9.88 Å². The monoisotopic (exact) mass is 399 g/mol. The van der Waals surface area contributed by atoms with Crippen LogP contribution >= 0.6 is 22.9 Å². The fraction of sp³-hybridized carbons (Fsp3) is 0.267. The zero-order chi connectivity index (χ0) is 18.7. The molecule has 3 aromatic heterocycles. The maximum absolute atomic E-state index is 12.6. The molecule has 3 heterocycles. The van der Waals surface area contributed by atoms with Crippen molar-refractivity contribution in [3.8, 4) is 10.8 Å². The molecule has 0 bridgehead atoms. The molecular formula is C15H12ClF2N5O2S. The van der Waals surface area contributed by atoms with Gasteiger partial charge in [-0.2, -0.15) is 8.78 Å². The average molecular weight is 400 g/mol. The smallest absolute Gasteiger partial charge is 0.314 e. The van der Waals surface area contributed by atoms with Crippen LogP contribution in [0.15, 0.2) is 29.1 Å². The highest BCUT2D eigenvalue weighted by Gasteiger charge is 2.21. The molecule has 3 aromatic rings. The molecule has 0 N–H and O–H groups in total. The average Bonchev–Trinajstić information content (AvgIpc) is 3.28. The summed E-state index contributed by atoms with van der Waals surface area (Å²) in [7, 11) is 0. The molecule has 26 heavy (non-hydrogen) atoms. The lowest BCUT2D eigenvalue weighted by Crippen LogP contribution is -2.29. The SMILES string of the molecule is CCC(=O)N(Cc1ncc(-c2nnc(C(F)F)o2)s1)c1cncc(Cl)c1. The van der Waals surface area contributed by atoms with Crippen LogP contribution < -0.4 is 4.90 Å². The summed E-state index contributed by atoms with van der Waals surface area (Å²) in [5.41, 5.74) is 0.541. The Morgan fingerprint density at radius 2 is 2.15 bits per heavy atom. The van der Waals surface area contributed by atoms with E-state index in [1.54, 1.807) is 13.0 Å². The van der Waals surface area contributed by atoms with E-state index in [-0.39, 0.29) is 24.8 Å². The molecule has 0 aromatic carbocycles. The molecule has 0 unspecified atom stereocenters. The maximum Gasteiger partial charge on any atom is 0.314 e. The molecule has 136 valence electrons. The van der Waals surface area contributed by atoms with Crippen molar-refractivity contribution >= 4 is 34.5 Å². The highest BCUT2D eigenvalue weighted by Crippen LogP contribution is 2.29. The zero-order valence-electron chi connectivity index (χ0n) is 13.4. The van der Waals surface area contributed by atoms with Crippen molar-refractivity contribution in [1.29, 1.82) is 0 Å². The molecule has 0 aliphatic rings. The third-order valence-corrected chi connectivity index (χ3v) is 4.47. The standard InChI is InChI=1S/C15H12ClF2N5O2S/c1-2-12(24)23(9-3-8(16)4-19-5-9)7-11-20-6-10(26-11)14-21-22-15(25-14)13(17)18/h3-6,13H,2,7H2,1H3. The van der Waals surface area contributed by atoms with Gasteiger partial charge in [0.25, 0.3) is 11.8 Å². The Balaban J connectivity index is 1.83. The number of alkyl halides is 2. The minimum atomic E-state index is -2.84. The van der Waals surface area contributed by atoms with Crippen molar-refractivity contribution in [2.45, 2.75) is 26.3 Å². The Hall–Kier alpha value is -2.46. The number of rotatable bonds is 6. The maximum atomic E-state index is 12.6. The van der Waals surface area contributed by atoms with E-state index in [1.165, 1.54) is 34.8 Å². The largest absolute Gasteiger partial charge is 0.414 e. The number of aromatic nitrogens is 4. The van der Waals surface area contributed by atoms with Gasteiger partial charge in [0.2, 0.25) is 5.91 Å². The van der Waals surface area contributed by atoms with E-state index in [9.17, 15) is 13.6 Å². The summed E-state index contributed by atoms with van der Waals surface area (Å²) in [4.78, 5) is 22.4. The molecule has 0 saturated carbocycles. The Bertz CT molecular complexity index is 917. The first-order valence-electron chi connectivity index (χ1n) is 7.45. The first-order valence-corrected chi connectivity index (χ1v) is 8.65. The van der Waals surface area contributed by atoms with Gasteiger partial charge in [-0.15, -0.1) is 21.5 Å². The quantitative estimate of drug-likeness (QED) is 0.619. The van der Waals surface area contributed by atoms with Crippen molar-refractivity contribution in [1.82, 2.24) is 20.2 Å². The lowest BCUT2D eigenvalue weighted by atomic mass is 10.3. The molecule has 0 radical (unpaired) electrons. The molecule has 0 fully saturated rings. The number of hydrogen-bond acceptors (Lipinski definition) is 7. The first-order chi connectivity index (χ1) is 12.5. The summed E-state index contributed by atoms with van der Waals surface area (Å²) >= 11 is 7.12. The fourth-order valence-electron chi connectivity index (χ4n) is 2.10. The summed E-state index contributed by atoms with van der Waals surface area (Å²) in [5.74, 6) is -0.923. The van der Waals surface area contributed by atoms with Gasteiger partial charge in [0.15, 0.2) is 0 Å². The molecule has 3 rings (SSSR count). The Morgan fingerprint density at radius 3 is 2.81 bits per heavy atom. The van der Waals surface area contributed by atoms with Crippen LogP contribution in [0.1, 0.15) is 30.7 Å². The predicted octanol–water partition coefficient (Wildman–Crippen LogP) is 4.12. The highest BCUT2D eigenvalue weighted by molar-refractivity contribution is 7.15. The summed E-state index contributed by atoms with van der Waals surface area (Å²) < 4.78 is 30.0. The van der Waals surface area contributed by atoms with Crippen LogP contribution in [0, 0.1) is 0 Å². The van der Waals surface area contributed by atoms with E-state index < -0.39 is 12.3 Å². The van der Waals surface area contributed by atoms with Gasteiger partial charge in [-0.1, -0.05) is 18.5 Å². The number of nitrogens with zero attached hydrogens (tertiary/aromatic N) is 5. The second-order valence-electron chi connectivity index (χ2n) is 5.06. The van der Waals surface area contributed by atoms with Crippen LogP contribution in [0.25, 0.3) is 10.8 Å². The zero-order valence-corrected chi connectivity index (χ0v) is 15.0. The van der Waals surface area contributed by atoms with Gasteiger partial charge in [-0.25, -0.2) is 4.98 Å². The number of halogens is 3. The van der Waals surface area contributed by atoms with E-state index in [4.69, 9.17) is 16.0 Å². The molecule has 0 aliphatic heterocycles. The topological polar surface area (TPSA) is 85.0 Å². The van der Waals surface area contributed by atoms with Crippen molar-refractivity contribution in [3.63, 3.8) is 0 Å². The molecule has 0 saturated heterocycles. The van der Waals surface area contributed by atoms with Gasteiger partial charge in [0.05, 0.1) is 29.6 Å². The number of thiazole rings is 1. The second kappa shape index (κ2) is 7.83. The van der Waals surface area contributed by atoms with Crippen LogP contribution in [-0.2, 0) is 11.3 Å². The first kappa shape index (κ1) is 18.3. The van der Waals surface area contributed by atoms with Crippen LogP contribution in [0.3, 0.4) is 0 Å². The predicted molar refractivity (Wildman–Crippen MR) is 91.1 cm³/mol. The van der Waals surface area contributed by atoms with Crippen molar-refractivity contribution < 1.29 is 18.0 Å². The number of hydrogen-bond donors (Lipinski definition) is 0. The highest BCUT2D eigenvalue weighted by atomic mass is 35.5. The molecule has 7 nitrogen and oxygen atoms in total. The number of pyridine rings is 1. The van der Waals surface area contributed by atoms with Crippen molar-refractivity contribution in [3.05, 3.63) is 40.6 Å². The fourth-order valence-corrected chi connectivity index (χ4v) is 3.10. The summed E-state index contributed by atoms with van der Waals surface area (Å²) in [6.45, 7) is 1.92. The van der Waals surface area contributed by atoms with Crippen molar-refractivity contribution in [2.75, 3.05) is 4.90 Å². The van der Waals surface area contributed by atoms with E-state index >= 15 is 0 Å². The van der Waals surface area contributed by atoms with Gasteiger partial charge >= 0.3 is 6.43 Å². The second-order valence-corrected chi connectivity index (χ2v) is 6.61. The van der Waals surface area contributed by atoms with Crippen LogP contribution in [-0.4, -0.2) is 26.1 Å². The minimum Gasteiger partial charge on any atom is -0.414 e. The molecule has 11 heteroatoms. The van der Waals surface area contributed by atoms with Gasteiger partial charge < -0.3 is 9.32 Å². The van der Waals surface area contributed by atoms with Crippen LogP contribution in [0.5, 0.6) is 0 Å². The van der Waals surface area contributed by atoms with E-state index in [0.29, 0.717) is 20.6 Å². The number of carbonyl (C=O) groups is 1. The van der Waals surface area contributed by atoms with Gasteiger partial charge in [-0.05, 0) is 6.07 Å². The summed E-state index contributed by atoms with van der Waals surface area (Å²) in [6.07, 6.45) is 1.88. The summed E-state index contributed by atoms with van der Waals surface area (Å²) in [5, 5.41) is 7.85. The summed E-state index contributed by atoms with van der Waals surface area (Å²) in [6, 6.07) is 1.63. The molecule has 0 aliphatic carbocycles. The molecule has 0 atom stereocenters. The molecular weight excluding hydrogens is 388 g/mol. The Morgan fingerprint density at radius 1 is 1.35 bits per heavy atom. The Kier molecular flexibility index (Phi) is 5.52. The van der Waals surface area contributed by atoms with E-state index in [2.05, 4.69) is 20.2 Å². The normalized spacial score (nSPS) is 11.1. The lowest BCUT2D eigenvalue weighted by molar-refractivity contribution is -0.118. The lowest BCUT2D eigenvalue weighted by Gasteiger charge is -2.20. The number of carbonyl (C=O) groups excluding carboxylic acids is 1. The molecule has 1 amide bonds. The Labute approximate surface area is 155 Å². The van der Waals surface area contributed by atoms with Crippen molar-refractivity contribution in [2.24, 2.45) is 0 Å². The number of anilines is 1. The van der Waals surface area contributed by atoms with Crippen LogP contribution in [0.4, 0.5) is 14.5 Å². The third-order valence-electron chi connectivity index (χ3n) is 3.29.